The van der Waals surface area contributed by atoms with Crippen molar-refractivity contribution in [2.24, 2.45) is 0 Å². The summed E-state index contributed by atoms with van der Waals surface area (Å²) in [5.41, 5.74) is 0. The summed E-state index contributed by atoms with van der Waals surface area (Å²) in [5, 5.41) is 121. The third-order valence-corrected chi connectivity index (χ3v) is 21.9. The standard InChI is InChI=1S/C86H161NO18/c1-3-5-7-9-11-13-15-17-19-21-23-25-27-29-31-33-34-36-38-40-42-44-46-48-50-52-54-56-58-60-62-64-74(92)87-69(70(91)63-61-59-57-55-53-51-49-47-45-43-41-39-37-35-32-30-28-26-24-22-20-18-16-14-12-10-8-6-4-2)68-100-84-80(98)77(95)82(72(66-89)102-84)105-86-81(99)78(96)83(73(67-90)103-86)104-85-79(97)76(94)75(93)71(65-88)101-85/h15,17,21,23,61,63,69-73,75-86,88-91,93-99H,3-14,16,18-20,22,24-60,62,64-68H2,1-2H3,(H,87,92)/b17-15-,23-21-,63-61+. The van der Waals surface area contributed by atoms with Crippen LogP contribution in [0.2, 0.25) is 0 Å². The summed E-state index contributed by atoms with van der Waals surface area (Å²) in [6.07, 6.45) is 57.1. The van der Waals surface area contributed by atoms with Crippen molar-refractivity contribution in [1.29, 1.82) is 0 Å². The van der Waals surface area contributed by atoms with Crippen LogP contribution in [-0.4, -0.2) is 193 Å². The minimum atomic E-state index is -1.98. The summed E-state index contributed by atoms with van der Waals surface area (Å²) < 4.78 is 34.5. The number of carbonyl (C=O) groups excluding carboxylic acids is 1. The van der Waals surface area contributed by atoms with Gasteiger partial charge in [0.05, 0.1) is 38.6 Å². The number of carbonyl (C=O) groups is 1. The van der Waals surface area contributed by atoms with E-state index in [-0.39, 0.29) is 18.9 Å². The summed E-state index contributed by atoms with van der Waals surface area (Å²) in [6, 6.07) is -0.974. The van der Waals surface area contributed by atoms with E-state index in [0.29, 0.717) is 6.42 Å². The van der Waals surface area contributed by atoms with Crippen LogP contribution in [-0.2, 0) is 33.2 Å². The number of allylic oxidation sites excluding steroid dienone is 5. The van der Waals surface area contributed by atoms with Gasteiger partial charge in [-0.15, -0.1) is 0 Å². The summed E-state index contributed by atoms with van der Waals surface area (Å²) in [5.74, 6) is -0.268. The van der Waals surface area contributed by atoms with E-state index in [1.165, 1.54) is 295 Å². The van der Waals surface area contributed by atoms with E-state index in [2.05, 4.69) is 43.5 Å². The highest BCUT2D eigenvalue weighted by molar-refractivity contribution is 5.76. The second kappa shape index (κ2) is 66.6. The molecule has 0 saturated carbocycles. The fourth-order valence-electron chi connectivity index (χ4n) is 14.9. The lowest BCUT2D eigenvalue weighted by atomic mass is 9.96. The van der Waals surface area contributed by atoms with Gasteiger partial charge in [-0.05, 0) is 51.4 Å². The Kier molecular flexibility index (Phi) is 61.7. The molecule has 3 rings (SSSR count). The van der Waals surface area contributed by atoms with Crippen LogP contribution in [0.5, 0.6) is 0 Å². The second-order valence-electron chi connectivity index (χ2n) is 31.4. The van der Waals surface area contributed by atoms with Gasteiger partial charge in [0, 0.05) is 6.42 Å². The number of hydrogen-bond donors (Lipinski definition) is 12. The molecule has 0 spiro atoms. The van der Waals surface area contributed by atoms with Gasteiger partial charge in [0.1, 0.15) is 73.2 Å². The van der Waals surface area contributed by atoms with E-state index >= 15 is 0 Å². The quantitative estimate of drug-likeness (QED) is 0.0199. The minimum absolute atomic E-state index is 0.247. The van der Waals surface area contributed by atoms with Crippen LogP contribution < -0.4 is 5.32 Å². The first-order valence-electron chi connectivity index (χ1n) is 43.7. The maximum absolute atomic E-state index is 13.5. The van der Waals surface area contributed by atoms with Gasteiger partial charge in [0.15, 0.2) is 18.9 Å². The Morgan fingerprint density at radius 3 is 0.971 bits per heavy atom. The largest absolute Gasteiger partial charge is 0.394 e. The van der Waals surface area contributed by atoms with E-state index < -0.39 is 124 Å². The molecule has 3 saturated heterocycles. The van der Waals surface area contributed by atoms with Crippen molar-refractivity contribution in [3.8, 4) is 0 Å². The Labute approximate surface area is 638 Å². The molecular weight excluding hydrogens is 1330 g/mol. The van der Waals surface area contributed by atoms with Gasteiger partial charge in [-0.25, -0.2) is 0 Å². The van der Waals surface area contributed by atoms with Crippen molar-refractivity contribution in [2.45, 2.75) is 478 Å². The fourth-order valence-corrected chi connectivity index (χ4v) is 14.9. The first-order chi connectivity index (χ1) is 51.3. The van der Waals surface area contributed by atoms with Crippen LogP contribution in [0.4, 0.5) is 0 Å². The zero-order chi connectivity index (χ0) is 76.0. The van der Waals surface area contributed by atoms with Gasteiger partial charge in [-0.1, -0.05) is 352 Å². The van der Waals surface area contributed by atoms with E-state index in [4.69, 9.17) is 28.4 Å². The third-order valence-electron chi connectivity index (χ3n) is 21.9. The molecule has 1 amide bonds. The highest BCUT2D eigenvalue weighted by Crippen LogP contribution is 2.33. The van der Waals surface area contributed by atoms with Crippen molar-refractivity contribution in [3.63, 3.8) is 0 Å². The van der Waals surface area contributed by atoms with Gasteiger partial charge in [-0.3, -0.25) is 4.79 Å². The maximum atomic E-state index is 13.5. The van der Waals surface area contributed by atoms with Crippen LogP contribution >= 0.6 is 0 Å². The highest BCUT2D eigenvalue weighted by Gasteiger charge is 2.54. The number of ether oxygens (including phenoxy) is 6. The first kappa shape index (κ1) is 97.2. The maximum Gasteiger partial charge on any atom is 0.220 e. The molecule has 618 valence electrons. The van der Waals surface area contributed by atoms with Crippen LogP contribution in [0, 0.1) is 0 Å². The smallest absolute Gasteiger partial charge is 0.220 e. The Hall–Kier alpha value is -1.99. The average molecular weight is 1500 g/mol. The molecule has 0 aromatic rings. The molecule has 12 N–H and O–H groups in total. The van der Waals surface area contributed by atoms with Crippen LogP contribution in [0.1, 0.15) is 373 Å². The molecule has 0 aromatic carbocycles. The summed E-state index contributed by atoms with van der Waals surface area (Å²) >= 11 is 0. The first-order valence-corrected chi connectivity index (χ1v) is 43.7. The van der Waals surface area contributed by atoms with Crippen molar-refractivity contribution in [1.82, 2.24) is 5.32 Å². The molecule has 0 radical (unpaired) electrons. The molecule has 17 atom stereocenters. The Morgan fingerprint density at radius 2 is 0.629 bits per heavy atom. The zero-order valence-corrected chi connectivity index (χ0v) is 66.5. The van der Waals surface area contributed by atoms with E-state index in [1.54, 1.807) is 6.08 Å². The molecule has 17 unspecified atom stereocenters. The van der Waals surface area contributed by atoms with Gasteiger partial charge in [0.2, 0.25) is 5.91 Å². The Morgan fingerprint density at radius 1 is 0.343 bits per heavy atom. The lowest BCUT2D eigenvalue weighted by molar-refractivity contribution is -0.379. The van der Waals surface area contributed by atoms with Gasteiger partial charge >= 0.3 is 0 Å². The zero-order valence-electron chi connectivity index (χ0n) is 66.5. The molecule has 0 bridgehead atoms. The number of nitrogens with one attached hydrogen (secondary N) is 1. The third kappa shape index (κ3) is 46.0. The SMILES string of the molecule is CCCCCCC/C=C\C/C=C\CCCCCCCCCCCCCCCCCCCCCC(=O)NC(COC1OC(CO)C(OC2OC(CO)C(OC3OC(CO)C(O)C(O)C3O)C(O)C2O)C(O)C1O)C(O)/C=C/CCCCCCCCCCCCCCCCCCCCCCCCCCCCC. The van der Waals surface area contributed by atoms with E-state index in [0.717, 1.165) is 51.4 Å². The molecule has 3 aliphatic rings. The summed E-state index contributed by atoms with van der Waals surface area (Å²) in [4.78, 5) is 13.5. The van der Waals surface area contributed by atoms with Gasteiger partial charge in [0.25, 0.3) is 0 Å². The number of hydrogen-bond acceptors (Lipinski definition) is 18. The molecule has 3 heterocycles. The molecule has 105 heavy (non-hydrogen) atoms. The van der Waals surface area contributed by atoms with Crippen molar-refractivity contribution >= 4 is 5.91 Å². The predicted molar refractivity (Wildman–Crippen MR) is 420 cm³/mol. The molecule has 0 aromatic heterocycles. The lowest BCUT2D eigenvalue weighted by Gasteiger charge is -2.48. The predicted octanol–water partition coefficient (Wildman–Crippen LogP) is 15.9. The molecule has 19 heteroatoms. The van der Waals surface area contributed by atoms with E-state index in [9.17, 15) is 61.0 Å². The highest BCUT2D eigenvalue weighted by atomic mass is 16.8. The number of unbranched alkanes of at least 4 members (excludes halogenated alkanes) is 51. The minimum Gasteiger partial charge on any atom is -0.394 e. The normalized spacial score (nSPS) is 25.9. The van der Waals surface area contributed by atoms with Gasteiger partial charge in [-0.2, -0.15) is 0 Å². The lowest BCUT2D eigenvalue weighted by Crippen LogP contribution is -2.66. The van der Waals surface area contributed by atoms with Crippen molar-refractivity contribution in [2.75, 3.05) is 26.4 Å². The Balaban J connectivity index is 1.34. The van der Waals surface area contributed by atoms with Crippen LogP contribution in [0.3, 0.4) is 0 Å². The summed E-state index contributed by atoms with van der Waals surface area (Å²) in [6.45, 7) is 1.79. The average Bonchev–Trinajstić information content (AvgIpc) is 0.781. The molecule has 19 nitrogen and oxygen atoms in total. The monoisotopic (exact) mass is 1500 g/mol. The Bertz CT molecular complexity index is 2030. The number of aliphatic hydroxyl groups is 11. The van der Waals surface area contributed by atoms with Crippen LogP contribution in [0.15, 0.2) is 36.5 Å². The topological polar surface area (TPSA) is 307 Å². The van der Waals surface area contributed by atoms with Crippen molar-refractivity contribution in [3.05, 3.63) is 36.5 Å². The van der Waals surface area contributed by atoms with Crippen LogP contribution in [0.25, 0.3) is 0 Å². The molecule has 3 fully saturated rings. The number of rotatable bonds is 71. The second-order valence-corrected chi connectivity index (χ2v) is 31.4. The van der Waals surface area contributed by atoms with Gasteiger partial charge < -0.3 is 89.9 Å². The summed E-state index contributed by atoms with van der Waals surface area (Å²) in [7, 11) is 0. The number of aliphatic hydroxyl groups excluding tert-OH is 11. The van der Waals surface area contributed by atoms with E-state index in [1.807, 2.05) is 6.08 Å². The molecular formula is C86H161NO18. The van der Waals surface area contributed by atoms with Crippen molar-refractivity contribution < 1.29 is 89.4 Å². The molecule has 0 aliphatic carbocycles. The molecule has 3 aliphatic heterocycles. The number of amides is 1. The fraction of sp³-hybridized carbons (Fsp3) is 0.919.